The van der Waals surface area contributed by atoms with Crippen LogP contribution in [0.3, 0.4) is 0 Å². The summed E-state index contributed by atoms with van der Waals surface area (Å²) in [5.74, 6) is 0.992. The van der Waals surface area contributed by atoms with Gasteiger partial charge in [0.25, 0.3) is 0 Å². The van der Waals surface area contributed by atoms with Crippen LogP contribution in [-0.2, 0) is 0 Å². The third kappa shape index (κ3) is 2.91. The zero-order valence-electron chi connectivity index (χ0n) is 11.4. The molecular formula is C17H18ClNO. The number of aryl methyl sites for hydroxylation is 1. The minimum absolute atomic E-state index is 0.308. The van der Waals surface area contributed by atoms with Crippen LogP contribution in [-0.4, -0.2) is 5.11 Å². The predicted molar refractivity (Wildman–Crippen MR) is 83.4 cm³/mol. The summed E-state index contributed by atoms with van der Waals surface area (Å²) in [7, 11) is 0. The van der Waals surface area contributed by atoms with Gasteiger partial charge in [-0.05, 0) is 67.1 Å². The number of hydrogen-bond donors (Lipinski definition) is 2. The van der Waals surface area contributed by atoms with Gasteiger partial charge in [0.1, 0.15) is 5.75 Å². The quantitative estimate of drug-likeness (QED) is 0.783. The van der Waals surface area contributed by atoms with Gasteiger partial charge in [-0.3, -0.25) is 0 Å². The molecule has 0 aromatic heterocycles. The first-order valence-corrected chi connectivity index (χ1v) is 7.33. The Balaban J connectivity index is 1.86. The molecule has 1 aliphatic carbocycles. The smallest absolute Gasteiger partial charge is 0.115 e. The van der Waals surface area contributed by atoms with Gasteiger partial charge in [0.15, 0.2) is 0 Å². The molecule has 3 heteroatoms. The molecule has 1 atom stereocenters. The third-order valence-electron chi connectivity index (χ3n) is 3.84. The van der Waals surface area contributed by atoms with E-state index in [1.165, 1.54) is 18.4 Å². The van der Waals surface area contributed by atoms with Crippen molar-refractivity contribution in [3.05, 3.63) is 58.6 Å². The van der Waals surface area contributed by atoms with E-state index in [0.29, 0.717) is 17.7 Å². The van der Waals surface area contributed by atoms with Crippen molar-refractivity contribution in [1.82, 2.24) is 0 Å². The van der Waals surface area contributed by atoms with Gasteiger partial charge in [-0.1, -0.05) is 23.7 Å². The van der Waals surface area contributed by atoms with Gasteiger partial charge in [0, 0.05) is 10.7 Å². The lowest BCUT2D eigenvalue weighted by Gasteiger charge is -2.21. The Morgan fingerprint density at radius 3 is 2.45 bits per heavy atom. The van der Waals surface area contributed by atoms with Crippen molar-refractivity contribution in [1.29, 1.82) is 0 Å². The van der Waals surface area contributed by atoms with Crippen LogP contribution in [0.2, 0.25) is 5.02 Å². The number of phenolic OH excluding ortho intramolecular Hbond substituents is 1. The molecule has 0 radical (unpaired) electrons. The second-order valence-electron chi connectivity index (χ2n) is 5.51. The van der Waals surface area contributed by atoms with Gasteiger partial charge in [0.05, 0.1) is 6.04 Å². The van der Waals surface area contributed by atoms with E-state index < -0.39 is 0 Å². The zero-order chi connectivity index (χ0) is 14.1. The average Bonchev–Trinajstić information content (AvgIpc) is 3.24. The van der Waals surface area contributed by atoms with Gasteiger partial charge in [-0.15, -0.1) is 0 Å². The summed E-state index contributed by atoms with van der Waals surface area (Å²) in [6.07, 6.45) is 2.52. The molecule has 1 unspecified atom stereocenters. The maximum absolute atomic E-state index is 9.50. The minimum atomic E-state index is 0.308. The SMILES string of the molecule is Cc1cc(O)ccc1NC(c1ccc(Cl)cc1)C1CC1. The van der Waals surface area contributed by atoms with Gasteiger partial charge >= 0.3 is 0 Å². The van der Waals surface area contributed by atoms with Crippen molar-refractivity contribution in [2.75, 3.05) is 5.32 Å². The molecule has 0 bridgehead atoms. The standard InChI is InChI=1S/C17H18ClNO/c1-11-10-15(20)8-9-16(11)19-17(12-2-3-12)13-4-6-14(18)7-5-13/h4-10,12,17,19-20H,2-3H2,1H3. The molecule has 0 aliphatic heterocycles. The molecule has 2 aromatic rings. The summed E-state index contributed by atoms with van der Waals surface area (Å²) in [5.41, 5.74) is 3.41. The van der Waals surface area contributed by atoms with Crippen molar-refractivity contribution < 1.29 is 5.11 Å². The van der Waals surface area contributed by atoms with Crippen LogP contribution >= 0.6 is 11.6 Å². The number of rotatable bonds is 4. The van der Waals surface area contributed by atoms with Crippen molar-refractivity contribution in [3.8, 4) is 5.75 Å². The van der Waals surface area contributed by atoms with E-state index in [0.717, 1.165) is 16.3 Å². The predicted octanol–water partition coefficient (Wildman–Crippen LogP) is 4.92. The van der Waals surface area contributed by atoms with Gasteiger partial charge in [0.2, 0.25) is 0 Å². The molecule has 1 fully saturated rings. The molecule has 1 aliphatic rings. The Bertz CT molecular complexity index is 605. The van der Waals surface area contributed by atoms with E-state index in [-0.39, 0.29) is 0 Å². The lowest BCUT2D eigenvalue weighted by atomic mass is 10.0. The van der Waals surface area contributed by atoms with Crippen molar-refractivity contribution in [2.45, 2.75) is 25.8 Å². The Morgan fingerprint density at radius 2 is 1.85 bits per heavy atom. The van der Waals surface area contributed by atoms with Crippen LogP contribution in [0.1, 0.15) is 30.0 Å². The fourth-order valence-corrected chi connectivity index (χ4v) is 2.68. The number of benzene rings is 2. The van der Waals surface area contributed by atoms with Crippen LogP contribution in [0.5, 0.6) is 5.75 Å². The van der Waals surface area contributed by atoms with Gasteiger partial charge in [-0.2, -0.15) is 0 Å². The molecule has 0 saturated heterocycles. The first-order valence-electron chi connectivity index (χ1n) is 6.95. The molecule has 0 spiro atoms. The monoisotopic (exact) mass is 287 g/mol. The highest BCUT2D eigenvalue weighted by molar-refractivity contribution is 6.30. The normalized spacial score (nSPS) is 15.9. The van der Waals surface area contributed by atoms with Crippen LogP contribution in [0.25, 0.3) is 0 Å². The van der Waals surface area contributed by atoms with E-state index >= 15 is 0 Å². The summed E-state index contributed by atoms with van der Waals surface area (Å²) < 4.78 is 0. The summed E-state index contributed by atoms with van der Waals surface area (Å²) >= 11 is 5.97. The van der Waals surface area contributed by atoms with E-state index in [9.17, 15) is 5.11 Å². The Morgan fingerprint density at radius 1 is 1.15 bits per heavy atom. The largest absolute Gasteiger partial charge is 0.508 e. The first kappa shape index (κ1) is 13.3. The second kappa shape index (κ2) is 5.37. The third-order valence-corrected chi connectivity index (χ3v) is 4.10. The summed E-state index contributed by atoms with van der Waals surface area (Å²) in [4.78, 5) is 0. The molecule has 0 amide bonds. The fourth-order valence-electron chi connectivity index (χ4n) is 2.55. The number of hydrogen-bond acceptors (Lipinski definition) is 2. The van der Waals surface area contributed by atoms with Crippen LogP contribution in [0, 0.1) is 12.8 Å². The van der Waals surface area contributed by atoms with Crippen molar-refractivity contribution in [2.24, 2.45) is 5.92 Å². The van der Waals surface area contributed by atoms with Crippen molar-refractivity contribution >= 4 is 17.3 Å². The number of anilines is 1. The average molecular weight is 288 g/mol. The molecule has 1 saturated carbocycles. The molecule has 3 rings (SSSR count). The van der Waals surface area contributed by atoms with Gasteiger partial charge < -0.3 is 10.4 Å². The summed E-state index contributed by atoms with van der Waals surface area (Å²) in [5, 5.41) is 13.9. The molecule has 20 heavy (non-hydrogen) atoms. The number of halogens is 1. The highest BCUT2D eigenvalue weighted by Gasteiger charge is 2.32. The Hall–Kier alpha value is -1.67. The topological polar surface area (TPSA) is 32.3 Å². The first-order chi connectivity index (χ1) is 9.63. The maximum Gasteiger partial charge on any atom is 0.115 e. The highest BCUT2D eigenvalue weighted by Crippen LogP contribution is 2.43. The Kier molecular flexibility index (Phi) is 3.58. The Labute approximate surface area is 124 Å². The van der Waals surface area contributed by atoms with Crippen LogP contribution < -0.4 is 5.32 Å². The van der Waals surface area contributed by atoms with Crippen LogP contribution in [0.4, 0.5) is 5.69 Å². The lowest BCUT2D eigenvalue weighted by molar-refractivity contribution is 0.475. The molecule has 0 heterocycles. The van der Waals surface area contributed by atoms with E-state index in [1.807, 2.05) is 25.1 Å². The minimum Gasteiger partial charge on any atom is -0.508 e. The van der Waals surface area contributed by atoms with Gasteiger partial charge in [-0.25, -0.2) is 0 Å². The summed E-state index contributed by atoms with van der Waals surface area (Å²) in [6.45, 7) is 2.01. The fraction of sp³-hybridized carbons (Fsp3) is 0.294. The number of phenols is 1. The lowest BCUT2D eigenvalue weighted by Crippen LogP contribution is -2.13. The molecule has 2 N–H and O–H groups in total. The number of aromatic hydroxyl groups is 1. The molecule has 2 aromatic carbocycles. The molecule has 104 valence electrons. The zero-order valence-corrected chi connectivity index (χ0v) is 12.2. The molecular weight excluding hydrogens is 270 g/mol. The molecule has 2 nitrogen and oxygen atoms in total. The second-order valence-corrected chi connectivity index (χ2v) is 5.95. The van der Waals surface area contributed by atoms with Crippen molar-refractivity contribution in [3.63, 3.8) is 0 Å². The van der Waals surface area contributed by atoms with E-state index in [1.54, 1.807) is 12.1 Å². The van der Waals surface area contributed by atoms with Crippen LogP contribution in [0.15, 0.2) is 42.5 Å². The highest BCUT2D eigenvalue weighted by atomic mass is 35.5. The van der Waals surface area contributed by atoms with E-state index in [4.69, 9.17) is 11.6 Å². The number of nitrogens with one attached hydrogen (secondary N) is 1. The maximum atomic E-state index is 9.50. The summed E-state index contributed by atoms with van der Waals surface area (Å²) in [6, 6.07) is 13.8. The van der Waals surface area contributed by atoms with E-state index in [2.05, 4.69) is 17.4 Å².